The van der Waals surface area contributed by atoms with Crippen LogP contribution in [0.4, 0.5) is 18.0 Å². The molecule has 0 aliphatic heterocycles. The third kappa shape index (κ3) is 6.15. The molecule has 0 radical (unpaired) electrons. The molecule has 0 spiro atoms. The standard InChI is InChI=1S/C17H18F3N3O3/c18-17(19,20)13-5-3-12(4-6-13)7-8-22-16(25)23-10-9-21-15(24)14-2-1-11-26-14/h1-6,11H,7-10H2,(H,21,24)(H2,22,23,25). The summed E-state index contributed by atoms with van der Waals surface area (Å²) in [6.45, 7) is 0.723. The number of amides is 3. The van der Waals surface area contributed by atoms with Crippen LogP contribution in [0.25, 0.3) is 0 Å². The van der Waals surface area contributed by atoms with E-state index in [1.807, 2.05) is 0 Å². The number of rotatable bonds is 7. The molecule has 0 atom stereocenters. The first-order chi connectivity index (χ1) is 12.4. The molecule has 1 heterocycles. The van der Waals surface area contributed by atoms with Gasteiger partial charge in [0.15, 0.2) is 5.76 Å². The van der Waals surface area contributed by atoms with Crippen LogP contribution < -0.4 is 16.0 Å². The van der Waals surface area contributed by atoms with E-state index in [-0.39, 0.29) is 31.3 Å². The van der Waals surface area contributed by atoms with Gasteiger partial charge in [0.05, 0.1) is 11.8 Å². The number of carbonyl (C=O) groups is 2. The van der Waals surface area contributed by atoms with Gasteiger partial charge in [-0.25, -0.2) is 4.79 Å². The lowest BCUT2D eigenvalue weighted by Crippen LogP contribution is -2.40. The van der Waals surface area contributed by atoms with Gasteiger partial charge in [-0.1, -0.05) is 12.1 Å². The lowest BCUT2D eigenvalue weighted by Gasteiger charge is -2.09. The van der Waals surface area contributed by atoms with Crippen molar-refractivity contribution in [3.8, 4) is 0 Å². The summed E-state index contributed by atoms with van der Waals surface area (Å²) in [4.78, 5) is 23.2. The summed E-state index contributed by atoms with van der Waals surface area (Å²) in [5, 5.41) is 7.72. The Morgan fingerprint density at radius 2 is 1.58 bits per heavy atom. The van der Waals surface area contributed by atoms with Gasteiger partial charge in [0, 0.05) is 19.6 Å². The van der Waals surface area contributed by atoms with E-state index in [1.54, 1.807) is 6.07 Å². The van der Waals surface area contributed by atoms with Gasteiger partial charge in [-0.2, -0.15) is 13.2 Å². The third-order valence-corrected chi connectivity index (χ3v) is 3.42. The summed E-state index contributed by atoms with van der Waals surface area (Å²) in [5.41, 5.74) is -0.0208. The molecule has 140 valence electrons. The van der Waals surface area contributed by atoms with Crippen molar-refractivity contribution in [2.45, 2.75) is 12.6 Å². The first kappa shape index (κ1) is 19.4. The molecular weight excluding hydrogens is 351 g/mol. The van der Waals surface area contributed by atoms with Gasteiger partial charge in [-0.3, -0.25) is 4.79 Å². The molecule has 26 heavy (non-hydrogen) atoms. The van der Waals surface area contributed by atoms with Crippen molar-refractivity contribution in [2.24, 2.45) is 0 Å². The molecule has 2 aromatic rings. The summed E-state index contributed by atoms with van der Waals surface area (Å²) in [6, 6.07) is 7.48. The van der Waals surface area contributed by atoms with Gasteiger partial charge >= 0.3 is 12.2 Å². The molecule has 0 saturated carbocycles. The summed E-state index contributed by atoms with van der Waals surface area (Å²) in [6.07, 6.45) is -2.57. The Morgan fingerprint density at radius 3 is 2.19 bits per heavy atom. The van der Waals surface area contributed by atoms with E-state index in [9.17, 15) is 22.8 Å². The van der Waals surface area contributed by atoms with Gasteiger partial charge in [-0.15, -0.1) is 0 Å². The largest absolute Gasteiger partial charge is 0.459 e. The minimum atomic E-state index is -4.36. The normalized spacial score (nSPS) is 11.0. The Labute approximate surface area is 147 Å². The van der Waals surface area contributed by atoms with Crippen LogP contribution in [0, 0.1) is 0 Å². The molecular formula is C17H18F3N3O3. The fraction of sp³-hybridized carbons (Fsp3) is 0.294. The molecule has 2 rings (SSSR count). The fourth-order valence-corrected chi connectivity index (χ4v) is 2.09. The molecule has 0 saturated heterocycles. The predicted molar refractivity (Wildman–Crippen MR) is 87.6 cm³/mol. The van der Waals surface area contributed by atoms with Crippen LogP contribution in [0.15, 0.2) is 47.1 Å². The van der Waals surface area contributed by atoms with Crippen LogP contribution in [-0.4, -0.2) is 31.6 Å². The monoisotopic (exact) mass is 369 g/mol. The third-order valence-electron chi connectivity index (χ3n) is 3.42. The van der Waals surface area contributed by atoms with E-state index in [1.165, 1.54) is 24.5 Å². The molecule has 0 aliphatic carbocycles. The summed E-state index contributed by atoms with van der Waals surface area (Å²) >= 11 is 0. The second kappa shape index (κ2) is 8.93. The SMILES string of the molecule is O=C(NCCNC(=O)c1ccco1)NCCc1ccc(C(F)(F)F)cc1. The number of furan rings is 1. The highest BCUT2D eigenvalue weighted by Gasteiger charge is 2.29. The van der Waals surface area contributed by atoms with Crippen LogP contribution in [0.2, 0.25) is 0 Å². The molecule has 0 unspecified atom stereocenters. The van der Waals surface area contributed by atoms with E-state index >= 15 is 0 Å². The number of hydrogen-bond donors (Lipinski definition) is 3. The maximum atomic E-state index is 12.5. The quantitative estimate of drug-likeness (QED) is 0.656. The van der Waals surface area contributed by atoms with Gasteiger partial charge in [-0.05, 0) is 36.2 Å². The zero-order chi connectivity index (χ0) is 19.0. The summed E-state index contributed by atoms with van der Waals surface area (Å²) in [5.74, 6) is -0.189. The van der Waals surface area contributed by atoms with Crippen molar-refractivity contribution in [3.05, 3.63) is 59.5 Å². The summed E-state index contributed by atoms with van der Waals surface area (Å²) < 4.78 is 42.3. The Bertz CT molecular complexity index is 713. The highest BCUT2D eigenvalue weighted by Crippen LogP contribution is 2.29. The Kier molecular flexibility index (Phi) is 6.65. The van der Waals surface area contributed by atoms with Crippen LogP contribution in [0.1, 0.15) is 21.7 Å². The van der Waals surface area contributed by atoms with Crippen molar-refractivity contribution >= 4 is 11.9 Å². The molecule has 1 aromatic carbocycles. The minimum Gasteiger partial charge on any atom is -0.459 e. The van der Waals surface area contributed by atoms with Crippen molar-refractivity contribution < 1.29 is 27.2 Å². The Balaban J connectivity index is 1.59. The van der Waals surface area contributed by atoms with Crippen molar-refractivity contribution in [2.75, 3.05) is 19.6 Å². The number of urea groups is 1. The first-order valence-corrected chi connectivity index (χ1v) is 7.86. The molecule has 3 N–H and O–H groups in total. The second-order valence-electron chi connectivity index (χ2n) is 5.36. The maximum absolute atomic E-state index is 12.5. The smallest absolute Gasteiger partial charge is 0.416 e. The van der Waals surface area contributed by atoms with Gasteiger partial charge < -0.3 is 20.4 Å². The Hall–Kier alpha value is -2.97. The number of alkyl halides is 3. The van der Waals surface area contributed by atoms with Crippen molar-refractivity contribution in [1.82, 2.24) is 16.0 Å². The molecule has 6 nitrogen and oxygen atoms in total. The number of nitrogens with one attached hydrogen (secondary N) is 3. The molecule has 9 heteroatoms. The van der Waals surface area contributed by atoms with Crippen molar-refractivity contribution in [1.29, 1.82) is 0 Å². The molecule has 0 aliphatic rings. The lowest BCUT2D eigenvalue weighted by molar-refractivity contribution is -0.137. The topological polar surface area (TPSA) is 83.4 Å². The number of hydrogen-bond acceptors (Lipinski definition) is 3. The van der Waals surface area contributed by atoms with E-state index in [4.69, 9.17) is 4.42 Å². The van der Waals surface area contributed by atoms with Crippen LogP contribution in [0.3, 0.4) is 0 Å². The van der Waals surface area contributed by atoms with E-state index in [0.29, 0.717) is 12.0 Å². The average Bonchev–Trinajstić information content (AvgIpc) is 3.13. The van der Waals surface area contributed by atoms with Gasteiger partial charge in [0.2, 0.25) is 0 Å². The highest BCUT2D eigenvalue weighted by molar-refractivity contribution is 5.91. The van der Waals surface area contributed by atoms with E-state index < -0.39 is 17.8 Å². The van der Waals surface area contributed by atoms with Crippen molar-refractivity contribution in [3.63, 3.8) is 0 Å². The molecule has 1 aromatic heterocycles. The maximum Gasteiger partial charge on any atom is 0.416 e. The summed E-state index contributed by atoms with van der Waals surface area (Å²) in [7, 11) is 0. The van der Waals surface area contributed by atoms with Gasteiger partial charge in [0.25, 0.3) is 5.91 Å². The molecule has 0 bridgehead atoms. The number of halogens is 3. The van der Waals surface area contributed by atoms with Crippen LogP contribution in [0.5, 0.6) is 0 Å². The van der Waals surface area contributed by atoms with Crippen LogP contribution >= 0.6 is 0 Å². The average molecular weight is 369 g/mol. The Morgan fingerprint density at radius 1 is 0.923 bits per heavy atom. The lowest BCUT2D eigenvalue weighted by atomic mass is 10.1. The van der Waals surface area contributed by atoms with Gasteiger partial charge in [0.1, 0.15) is 0 Å². The van der Waals surface area contributed by atoms with E-state index in [0.717, 1.165) is 12.1 Å². The number of carbonyl (C=O) groups excluding carboxylic acids is 2. The predicted octanol–water partition coefficient (Wildman–Crippen LogP) is 2.57. The molecule has 3 amide bonds. The fourth-order valence-electron chi connectivity index (χ4n) is 2.09. The first-order valence-electron chi connectivity index (χ1n) is 7.86. The zero-order valence-electron chi connectivity index (χ0n) is 13.7. The minimum absolute atomic E-state index is 0.186. The van der Waals surface area contributed by atoms with E-state index in [2.05, 4.69) is 16.0 Å². The zero-order valence-corrected chi connectivity index (χ0v) is 13.7. The highest BCUT2D eigenvalue weighted by atomic mass is 19.4. The number of benzene rings is 1. The second-order valence-corrected chi connectivity index (χ2v) is 5.36. The van der Waals surface area contributed by atoms with Crippen LogP contribution in [-0.2, 0) is 12.6 Å². The molecule has 0 fully saturated rings.